The number of carbonyl (C=O) groups excluding carboxylic acids is 2. The van der Waals surface area contributed by atoms with Crippen molar-refractivity contribution in [2.75, 3.05) is 5.32 Å². The Labute approximate surface area is 172 Å². The molecule has 2 amide bonds. The number of hydrogen-bond donors (Lipinski definition) is 2. The number of fused-ring (bicyclic) bond motifs is 1. The van der Waals surface area contributed by atoms with Crippen molar-refractivity contribution in [1.29, 1.82) is 0 Å². The summed E-state index contributed by atoms with van der Waals surface area (Å²) in [4.78, 5) is 26.2. The maximum absolute atomic E-state index is 13.3. The number of carbonyl (C=O) groups is 2. The highest BCUT2D eigenvalue weighted by Gasteiger charge is 2.35. The molecule has 1 heterocycles. The van der Waals surface area contributed by atoms with E-state index in [1.807, 2.05) is 30.3 Å². The summed E-state index contributed by atoms with van der Waals surface area (Å²) in [6, 6.07) is 15.7. The molecule has 5 heteroatoms. The van der Waals surface area contributed by atoms with Crippen molar-refractivity contribution >= 4 is 17.5 Å². The van der Waals surface area contributed by atoms with Crippen LogP contribution < -0.4 is 10.7 Å². The molecule has 152 valence electrons. The third kappa shape index (κ3) is 4.00. The fourth-order valence-electron chi connectivity index (χ4n) is 4.24. The van der Waals surface area contributed by atoms with Gasteiger partial charge in [-0.1, -0.05) is 69.5 Å². The molecule has 0 spiro atoms. The summed E-state index contributed by atoms with van der Waals surface area (Å²) in [6.45, 7) is 4.31. The van der Waals surface area contributed by atoms with E-state index in [2.05, 4.69) is 36.7 Å². The molecule has 0 saturated heterocycles. The van der Waals surface area contributed by atoms with Crippen molar-refractivity contribution in [1.82, 2.24) is 10.4 Å². The Hall–Kier alpha value is -2.82. The van der Waals surface area contributed by atoms with Gasteiger partial charge < -0.3 is 5.32 Å². The van der Waals surface area contributed by atoms with Gasteiger partial charge in [0.1, 0.15) is 6.17 Å². The quantitative estimate of drug-likeness (QED) is 0.772. The van der Waals surface area contributed by atoms with Crippen LogP contribution in [-0.4, -0.2) is 16.8 Å². The van der Waals surface area contributed by atoms with Crippen LogP contribution in [-0.2, 0) is 4.79 Å². The fourth-order valence-corrected chi connectivity index (χ4v) is 4.24. The molecular formula is C24H29N3O2. The zero-order valence-electron chi connectivity index (χ0n) is 17.2. The predicted octanol–water partition coefficient (Wildman–Crippen LogP) is 4.99. The Balaban J connectivity index is 1.64. The summed E-state index contributed by atoms with van der Waals surface area (Å²) in [5.41, 5.74) is 6.50. The normalized spacial score (nSPS) is 19.6. The summed E-state index contributed by atoms with van der Waals surface area (Å²) in [5, 5.41) is 4.92. The maximum Gasteiger partial charge on any atom is 0.276 e. The zero-order chi connectivity index (χ0) is 20.4. The maximum atomic E-state index is 13.3. The first-order chi connectivity index (χ1) is 14.0. The summed E-state index contributed by atoms with van der Waals surface area (Å²) in [5.74, 6) is 0.190. The fraction of sp³-hybridized carbons (Fsp3) is 0.417. The number of rotatable bonds is 4. The van der Waals surface area contributed by atoms with Gasteiger partial charge in [0.2, 0.25) is 5.91 Å². The van der Waals surface area contributed by atoms with Gasteiger partial charge in [-0.25, -0.2) is 5.01 Å². The van der Waals surface area contributed by atoms with Crippen molar-refractivity contribution in [2.24, 2.45) is 5.92 Å². The molecule has 0 bridgehead atoms. The first-order valence-electron chi connectivity index (χ1n) is 10.6. The van der Waals surface area contributed by atoms with E-state index >= 15 is 0 Å². The summed E-state index contributed by atoms with van der Waals surface area (Å²) in [7, 11) is 0. The molecule has 4 rings (SSSR count). The van der Waals surface area contributed by atoms with E-state index in [1.54, 1.807) is 6.07 Å². The molecule has 0 radical (unpaired) electrons. The lowest BCUT2D eigenvalue weighted by molar-refractivity contribution is -0.130. The number of amides is 2. The van der Waals surface area contributed by atoms with Crippen molar-refractivity contribution < 1.29 is 9.59 Å². The molecule has 1 aliphatic heterocycles. The van der Waals surface area contributed by atoms with Gasteiger partial charge in [-0.3, -0.25) is 15.0 Å². The van der Waals surface area contributed by atoms with E-state index in [0.717, 1.165) is 36.9 Å². The molecule has 0 aromatic heterocycles. The van der Waals surface area contributed by atoms with Crippen LogP contribution in [0, 0.1) is 5.92 Å². The lowest BCUT2D eigenvalue weighted by Gasteiger charge is -2.38. The third-order valence-corrected chi connectivity index (χ3v) is 6.05. The van der Waals surface area contributed by atoms with E-state index in [4.69, 9.17) is 0 Å². The van der Waals surface area contributed by atoms with Gasteiger partial charge >= 0.3 is 0 Å². The minimum Gasteiger partial charge on any atom is -0.359 e. The van der Waals surface area contributed by atoms with Gasteiger partial charge in [0, 0.05) is 11.6 Å². The van der Waals surface area contributed by atoms with Crippen LogP contribution in [0.3, 0.4) is 0 Å². The first kappa shape index (κ1) is 19.5. The predicted molar refractivity (Wildman–Crippen MR) is 114 cm³/mol. The highest BCUT2D eigenvalue weighted by molar-refractivity contribution is 6.02. The van der Waals surface area contributed by atoms with Crippen LogP contribution in [0.4, 0.5) is 5.69 Å². The molecule has 2 aliphatic rings. The first-order valence-corrected chi connectivity index (χ1v) is 10.6. The second kappa shape index (κ2) is 8.27. The Bertz CT molecular complexity index is 885. The minimum atomic E-state index is -0.439. The second-order valence-corrected chi connectivity index (χ2v) is 8.40. The van der Waals surface area contributed by atoms with Crippen molar-refractivity contribution in [2.45, 2.75) is 58.0 Å². The Morgan fingerprint density at radius 3 is 2.41 bits per heavy atom. The van der Waals surface area contributed by atoms with Crippen LogP contribution >= 0.6 is 0 Å². The molecule has 2 aromatic rings. The molecule has 29 heavy (non-hydrogen) atoms. The molecule has 1 saturated carbocycles. The van der Waals surface area contributed by atoms with Gasteiger partial charge in [-0.15, -0.1) is 0 Å². The molecule has 1 atom stereocenters. The van der Waals surface area contributed by atoms with Gasteiger partial charge in [0.05, 0.1) is 5.56 Å². The van der Waals surface area contributed by atoms with E-state index < -0.39 is 6.17 Å². The average Bonchev–Trinajstić information content (AvgIpc) is 2.76. The standard InChI is InChI=1S/C24H29N3O2/c1-16(2)17-12-14-18(15-13-17)22-25-21-11-7-6-10-20(21)24(29)27(22)26-23(28)19-8-4-3-5-9-19/h6-7,10-16,19,22,25H,3-5,8-9H2,1-2H3,(H,26,28). The van der Waals surface area contributed by atoms with Crippen molar-refractivity contribution in [3.63, 3.8) is 0 Å². The van der Waals surface area contributed by atoms with Gasteiger partial charge in [-0.2, -0.15) is 0 Å². The highest BCUT2D eigenvalue weighted by Crippen LogP contribution is 2.33. The zero-order valence-corrected chi connectivity index (χ0v) is 17.2. The lowest BCUT2D eigenvalue weighted by Crippen LogP contribution is -2.54. The summed E-state index contributed by atoms with van der Waals surface area (Å²) >= 11 is 0. The number of para-hydroxylation sites is 1. The van der Waals surface area contributed by atoms with Crippen LogP contribution in [0.15, 0.2) is 48.5 Å². The molecule has 1 unspecified atom stereocenters. The number of nitrogens with one attached hydrogen (secondary N) is 2. The van der Waals surface area contributed by atoms with E-state index in [-0.39, 0.29) is 17.7 Å². The highest BCUT2D eigenvalue weighted by atomic mass is 16.2. The molecule has 1 fully saturated rings. The van der Waals surface area contributed by atoms with Gasteiger partial charge in [0.15, 0.2) is 0 Å². The topological polar surface area (TPSA) is 61.4 Å². The Kier molecular flexibility index (Phi) is 5.56. The Morgan fingerprint density at radius 1 is 1.03 bits per heavy atom. The minimum absolute atomic E-state index is 0.0160. The monoisotopic (exact) mass is 391 g/mol. The van der Waals surface area contributed by atoms with Crippen molar-refractivity contribution in [3.8, 4) is 0 Å². The van der Waals surface area contributed by atoms with Gasteiger partial charge in [0.25, 0.3) is 5.91 Å². The molecule has 5 nitrogen and oxygen atoms in total. The lowest BCUT2D eigenvalue weighted by atomic mass is 9.89. The van der Waals surface area contributed by atoms with Crippen LogP contribution in [0.1, 0.15) is 79.5 Å². The average molecular weight is 392 g/mol. The van der Waals surface area contributed by atoms with Crippen LogP contribution in [0.5, 0.6) is 0 Å². The number of nitrogens with zero attached hydrogens (tertiary/aromatic N) is 1. The summed E-state index contributed by atoms with van der Waals surface area (Å²) < 4.78 is 0. The molecule has 2 N–H and O–H groups in total. The molecular weight excluding hydrogens is 362 g/mol. The SMILES string of the molecule is CC(C)c1ccc(C2Nc3ccccc3C(=O)N2NC(=O)C2CCCCC2)cc1. The number of hydrogen-bond acceptors (Lipinski definition) is 3. The second-order valence-electron chi connectivity index (χ2n) is 8.40. The van der Waals surface area contributed by atoms with Crippen LogP contribution in [0.25, 0.3) is 0 Å². The van der Waals surface area contributed by atoms with E-state index in [1.165, 1.54) is 17.0 Å². The molecule has 2 aromatic carbocycles. The van der Waals surface area contributed by atoms with Crippen LogP contribution in [0.2, 0.25) is 0 Å². The van der Waals surface area contributed by atoms with Crippen molar-refractivity contribution in [3.05, 3.63) is 65.2 Å². The Morgan fingerprint density at radius 2 is 1.72 bits per heavy atom. The molecule has 1 aliphatic carbocycles. The number of hydrazine groups is 1. The summed E-state index contributed by atoms with van der Waals surface area (Å²) in [6.07, 6.45) is 4.69. The smallest absolute Gasteiger partial charge is 0.276 e. The third-order valence-electron chi connectivity index (χ3n) is 6.05. The van der Waals surface area contributed by atoms with E-state index in [9.17, 15) is 9.59 Å². The van der Waals surface area contributed by atoms with Gasteiger partial charge in [-0.05, 0) is 42.0 Å². The largest absolute Gasteiger partial charge is 0.359 e. The number of anilines is 1. The van der Waals surface area contributed by atoms with E-state index in [0.29, 0.717) is 11.5 Å². The number of benzene rings is 2.